The van der Waals surface area contributed by atoms with Crippen molar-refractivity contribution in [2.45, 2.75) is 32.0 Å². The zero-order valence-corrected chi connectivity index (χ0v) is 9.89. The number of halogens is 4. The molecular formula is C12H15F4NO. The zero-order chi connectivity index (χ0) is 13.8. The standard InChI is InChI=1S/C12H15F4NO/c1-2-3-9(18)7-17-11-5-4-8(6-10(11)13)12(14,15)16/h4-6,9,17-18H,2-3,7H2,1H3. The Morgan fingerprint density at radius 1 is 1.33 bits per heavy atom. The van der Waals surface area contributed by atoms with Gasteiger partial charge < -0.3 is 10.4 Å². The summed E-state index contributed by atoms with van der Waals surface area (Å²) in [6.07, 6.45) is -3.87. The molecule has 0 aromatic heterocycles. The normalized spacial score (nSPS) is 13.4. The van der Waals surface area contributed by atoms with E-state index in [1.54, 1.807) is 0 Å². The van der Waals surface area contributed by atoms with Gasteiger partial charge in [0, 0.05) is 6.54 Å². The molecular weight excluding hydrogens is 250 g/mol. The summed E-state index contributed by atoms with van der Waals surface area (Å²) < 4.78 is 50.2. The van der Waals surface area contributed by atoms with Gasteiger partial charge in [0.15, 0.2) is 0 Å². The van der Waals surface area contributed by atoms with Gasteiger partial charge in [-0.25, -0.2) is 4.39 Å². The Morgan fingerprint density at radius 3 is 2.50 bits per heavy atom. The number of aliphatic hydroxyl groups excluding tert-OH is 1. The van der Waals surface area contributed by atoms with Crippen LogP contribution in [-0.4, -0.2) is 17.8 Å². The highest BCUT2D eigenvalue weighted by Crippen LogP contribution is 2.31. The van der Waals surface area contributed by atoms with Gasteiger partial charge in [0.05, 0.1) is 17.4 Å². The Labute approximate surface area is 103 Å². The molecule has 0 aliphatic heterocycles. The third kappa shape index (κ3) is 4.18. The molecule has 1 aromatic carbocycles. The van der Waals surface area contributed by atoms with Crippen molar-refractivity contribution in [1.82, 2.24) is 0 Å². The van der Waals surface area contributed by atoms with Crippen LogP contribution < -0.4 is 5.32 Å². The summed E-state index contributed by atoms with van der Waals surface area (Å²) in [7, 11) is 0. The summed E-state index contributed by atoms with van der Waals surface area (Å²) >= 11 is 0. The molecule has 6 heteroatoms. The predicted molar refractivity (Wildman–Crippen MR) is 60.8 cm³/mol. The van der Waals surface area contributed by atoms with Gasteiger partial charge >= 0.3 is 6.18 Å². The van der Waals surface area contributed by atoms with Crippen molar-refractivity contribution in [2.75, 3.05) is 11.9 Å². The minimum Gasteiger partial charge on any atom is -0.391 e. The molecule has 0 fully saturated rings. The third-order valence-electron chi connectivity index (χ3n) is 2.45. The van der Waals surface area contributed by atoms with E-state index in [0.717, 1.165) is 18.6 Å². The first-order chi connectivity index (χ1) is 8.34. The first-order valence-electron chi connectivity index (χ1n) is 5.63. The molecule has 0 saturated carbocycles. The maximum absolute atomic E-state index is 13.4. The van der Waals surface area contributed by atoms with Crippen LogP contribution in [0.2, 0.25) is 0 Å². The average Bonchev–Trinajstić information content (AvgIpc) is 2.26. The summed E-state index contributed by atoms with van der Waals surface area (Å²) in [5.74, 6) is -0.978. The van der Waals surface area contributed by atoms with Crippen molar-refractivity contribution in [1.29, 1.82) is 0 Å². The molecule has 18 heavy (non-hydrogen) atoms. The number of alkyl halides is 3. The maximum Gasteiger partial charge on any atom is 0.416 e. The van der Waals surface area contributed by atoms with Crippen LogP contribution in [-0.2, 0) is 6.18 Å². The fourth-order valence-electron chi connectivity index (χ4n) is 1.50. The molecule has 1 unspecified atom stereocenters. The number of nitrogens with one attached hydrogen (secondary N) is 1. The van der Waals surface area contributed by atoms with Gasteiger partial charge in [0.1, 0.15) is 5.82 Å². The minimum absolute atomic E-state index is 0.0434. The van der Waals surface area contributed by atoms with Crippen molar-refractivity contribution in [2.24, 2.45) is 0 Å². The molecule has 0 radical (unpaired) electrons. The second-order valence-electron chi connectivity index (χ2n) is 4.02. The average molecular weight is 265 g/mol. The zero-order valence-electron chi connectivity index (χ0n) is 9.89. The van der Waals surface area contributed by atoms with Crippen LogP contribution in [0, 0.1) is 5.82 Å². The molecule has 0 amide bonds. The van der Waals surface area contributed by atoms with E-state index in [2.05, 4.69) is 5.32 Å². The van der Waals surface area contributed by atoms with E-state index in [1.165, 1.54) is 0 Å². The number of aliphatic hydroxyl groups is 1. The minimum atomic E-state index is -4.55. The van der Waals surface area contributed by atoms with Gasteiger partial charge in [0.25, 0.3) is 0 Å². The van der Waals surface area contributed by atoms with E-state index in [-0.39, 0.29) is 12.2 Å². The molecule has 2 nitrogen and oxygen atoms in total. The fraction of sp³-hybridized carbons (Fsp3) is 0.500. The lowest BCUT2D eigenvalue weighted by atomic mass is 10.1. The quantitative estimate of drug-likeness (QED) is 0.799. The SMILES string of the molecule is CCCC(O)CNc1ccc(C(F)(F)F)cc1F. The number of rotatable bonds is 5. The second-order valence-corrected chi connectivity index (χ2v) is 4.02. The van der Waals surface area contributed by atoms with Crippen molar-refractivity contribution >= 4 is 5.69 Å². The number of benzene rings is 1. The van der Waals surface area contributed by atoms with Crippen LogP contribution in [0.15, 0.2) is 18.2 Å². The molecule has 1 atom stereocenters. The molecule has 0 spiro atoms. The first-order valence-corrected chi connectivity index (χ1v) is 5.63. The van der Waals surface area contributed by atoms with Crippen molar-refractivity contribution in [3.8, 4) is 0 Å². The monoisotopic (exact) mass is 265 g/mol. The third-order valence-corrected chi connectivity index (χ3v) is 2.45. The molecule has 0 aliphatic rings. The first kappa shape index (κ1) is 14.8. The van der Waals surface area contributed by atoms with Crippen LogP contribution in [0.3, 0.4) is 0 Å². The summed E-state index contributed by atoms with van der Waals surface area (Å²) in [6.45, 7) is 2.00. The van der Waals surface area contributed by atoms with E-state index in [0.29, 0.717) is 12.5 Å². The Kier molecular flexibility index (Phi) is 4.95. The van der Waals surface area contributed by atoms with E-state index >= 15 is 0 Å². The van der Waals surface area contributed by atoms with Crippen LogP contribution in [0.4, 0.5) is 23.2 Å². The van der Waals surface area contributed by atoms with Gasteiger partial charge in [-0.2, -0.15) is 13.2 Å². The topological polar surface area (TPSA) is 32.3 Å². The molecule has 102 valence electrons. The Morgan fingerprint density at radius 2 is 2.00 bits per heavy atom. The fourth-order valence-corrected chi connectivity index (χ4v) is 1.50. The molecule has 1 rings (SSSR count). The summed E-state index contributed by atoms with van der Waals surface area (Å²) in [4.78, 5) is 0. The summed E-state index contributed by atoms with van der Waals surface area (Å²) in [5, 5.41) is 12.0. The van der Waals surface area contributed by atoms with Gasteiger partial charge in [-0.15, -0.1) is 0 Å². The largest absolute Gasteiger partial charge is 0.416 e. The Bertz CT molecular complexity index is 392. The smallest absolute Gasteiger partial charge is 0.391 e. The van der Waals surface area contributed by atoms with Crippen molar-refractivity contribution in [3.05, 3.63) is 29.6 Å². The van der Waals surface area contributed by atoms with Gasteiger partial charge in [-0.3, -0.25) is 0 Å². The van der Waals surface area contributed by atoms with Crippen LogP contribution >= 0.6 is 0 Å². The van der Waals surface area contributed by atoms with Crippen molar-refractivity contribution < 1.29 is 22.7 Å². The van der Waals surface area contributed by atoms with E-state index in [1.807, 2.05) is 6.92 Å². The summed E-state index contributed by atoms with van der Waals surface area (Å²) in [5.41, 5.74) is -1.07. The lowest BCUT2D eigenvalue weighted by Crippen LogP contribution is -2.19. The molecule has 0 aliphatic carbocycles. The van der Waals surface area contributed by atoms with Gasteiger partial charge in [-0.05, 0) is 24.6 Å². The highest BCUT2D eigenvalue weighted by Gasteiger charge is 2.31. The Hall–Kier alpha value is -1.30. The second kappa shape index (κ2) is 6.04. The molecule has 0 saturated heterocycles. The molecule has 0 bridgehead atoms. The number of hydrogen-bond acceptors (Lipinski definition) is 2. The van der Waals surface area contributed by atoms with Crippen molar-refractivity contribution in [3.63, 3.8) is 0 Å². The maximum atomic E-state index is 13.4. The number of hydrogen-bond donors (Lipinski definition) is 2. The van der Waals surface area contributed by atoms with Crippen LogP contribution in [0.25, 0.3) is 0 Å². The van der Waals surface area contributed by atoms with Gasteiger partial charge in [-0.1, -0.05) is 13.3 Å². The summed E-state index contributed by atoms with van der Waals surface area (Å²) in [6, 6.07) is 2.27. The molecule has 0 heterocycles. The number of anilines is 1. The highest BCUT2D eigenvalue weighted by atomic mass is 19.4. The molecule has 2 N–H and O–H groups in total. The van der Waals surface area contributed by atoms with E-state index in [9.17, 15) is 22.7 Å². The lowest BCUT2D eigenvalue weighted by molar-refractivity contribution is -0.137. The van der Waals surface area contributed by atoms with Crippen LogP contribution in [0.5, 0.6) is 0 Å². The van der Waals surface area contributed by atoms with E-state index < -0.39 is 23.7 Å². The van der Waals surface area contributed by atoms with Gasteiger partial charge in [0.2, 0.25) is 0 Å². The lowest BCUT2D eigenvalue weighted by Gasteiger charge is -2.13. The van der Waals surface area contributed by atoms with E-state index in [4.69, 9.17) is 0 Å². The predicted octanol–water partition coefficient (Wildman–Crippen LogP) is 3.42. The van der Waals surface area contributed by atoms with Crippen LogP contribution in [0.1, 0.15) is 25.3 Å². The molecule has 1 aromatic rings. The highest BCUT2D eigenvalue weighted by molar-refractivity contribution is 5.46. The Balaban J connectivity index is 2.69.